The molecule has 2 rings (SSSR count). The van der Waals surface area contributed by atoms with E-state index in [1.165, 1.54) is 18.4 Å². The summed E-state index contributed by atoms with van der Waals surface area (Å²) >= 11 is 0. The van der Waals surface area contributed by atoms with Gasteiger partial charge in [0.15, 0.2) is 12.4 Å². The highest BCUT2D eigenvalue weighted by atomic mass is 16.5. The molecule has 2 heterocycles. The summed E-state index contributed by atoms with van der Waals surface area (Å²) in [4.78, 5) is 11.5. The third-order valence-electron chi connectivity index (χ3n) is 2.31. The second-order valence-electron chi connectivity index (χ2n) is 3.77. The molecule has 7 heteroatoms. The number of aryl methyl sites for hydroxylation is 1. The Bertz CT molecular complexity index is 545. The molecule has 100 valence electrons. The van der Waals surface area contributed by atoms with Gasteiger partial charge < -0.3 is 9.15 Å². The van der Waals surface area contributed by atoms with Gasteiger partial charge in [-0.3, -0.25) is 0 Å². The van der Waals surface area contributed by atoms with Gasteiger partial charge in [0, 0.05) is 12.6 Å². The van der Waals surface area contributed by atoms with Crippen LogP contribution in [0.2, 0.25) is 0 Å². The molecule has 0 aliphatic carbocycles. The molecular formula is C12H14N4O3. The topological polar surface area (TPSA) is 83.0 Å². The van der Waals surface area contributed by atoms with Crippen molar-refractivity contribution >= 4 is 12.0 Å². The Morgan fingerprint density at radius 2 is 2.47 bits per heavy atom. The van der Waals surface area contributed by atoms with E-state index < -0.39 is 5.97 Å². The number of rotatable bonds is 6. The van der Waals surface area contributed by atoms with Gasteiger partial charge in [0.1, 0.15) is 5.76 Å². The molecule has 0 aliphatic rings. The van der Waals surface area contributed by atoms with E-state index in [1.54, 1.807) is 16.8 Å². The van der Waals surface area contributed by atoms with E-state index >= 15 is 0 Å². The van der Waals surface area contributed by atoms with Gasteiger partial charge in [-0.25, -0.2) is 9.48 Å². The lowest BCUT2D eigenvalue weighted by atomic mass is 10.4. The number of esters is 1. The minimum absolute atomic E-state index is 0.0499. The lowest BCUT2D eigenvalue weighted by Crippen LogP contribution is -2.09. The van der Waals surface area contributed by atoms with Crippen molar-refractivity contribution in [2.45, 2.75) is 26.5 Å². The van der Waals surface area contributed by atoms with Crippen LogP contribution in [-0.4, -0.2) is 26.2 Å². The molecule has 0 saturated carbocycles. The van der Waals surface area contributed by atoms with Crippen molar-refractivity contribution in [3.63, 3.8) is 0 Å². The van der Waals surface area contributed by atoms with Gasteiger partial charge in [-0.15, -0.1) is 5.10 Å². The third kappa shape index (κ3) is 3.77. The molecule has 7 nitrogen and oxygen atoms in total. The van der Waals surface area contributed by atoms with Crippen LogP contribution in [-0.2, 0) is 22.7 Å². The first-order chi connectivity index (χ1) is 9.29. The highest BCUT2D eigenvalue weighted by molar-refractivity contribution is 5.86. The molecule has 0 N–H and O–H groups in total. The first kappa shape index (κ1) is 13.0. The molecule has 0 amide bonds. The van der Waals surface area contributed by atoms with Gasteiger partial charge in [-0.1, -0.05) is 6.92 Å². The maximum Gasteiger partial charge on any atom is 0.331 e. The molecule has 0 saturated heterocycles. The molecule has 0 atom stereocenters. The number of furan rings is 1. The van der Waals surface area contributed by atoms with Gasteiger partial charge in [0.2, 0.25) is 0 Å². The van der Waals surface area contributed by atoms with E-state index in [2.05, 4.69) is 15.5 Å². The van der Waals surface area contributed by atoms with Crippen LogP contribution in [0.5, 0.6) is 0 Å². The predicted molar refractivity (Wildman–Crippen MR) is 65.6 cm³/mol. The van der Waals surface area contributed by atoms with Crippen molar-refractivity contribution in [3.05, 3.63) is 36.1 Å². The standard InChI is InChI=1S/C12H14N4O3/c1-2-7-16-11(13-14-15-16)9-19-12(17)6-5-10-4-3-8-18-10/h3-6,8H,2,7,9H2,1H3/b6-5+. The smallest absolute Gasteiger partial charge is 0.331 e. The van der Waals surface area contributed by atoms with Crippen LogP contribution < -0.4 is 0 Å². The van der Waals surface area contributed by atoms with Crippen molar-refractivity contribution in [2.24, 2.45) is 0 Å². The number of hydrogen-bond acceptors (Lipinski definition) is 6. The van der Waals surface area contributed by atoms with Crippen LogP contribution in [0.3, 0.4) is 0 Å². The Kier molecular flexibility index (Phi) is 4.44. The van der Waals surface area contributed by atoms with Crippen molar-refractivity contribution in [1.82, 2.24) is 20.2 Å². The van der Waals surface area contributed by atoms with E-state index in [4.69, 9.17) is 9.15 Å². The van der Waals surface area contributed by atoms with Gasteiger partial charge in [-0.05, 0) is 35.1 Å². The number of hydrogen-bond donors (Lipinski definition) is 0. The Balaban J connectivity index is 1.84. The van der Waals surface area contributed by atoms with Crippen LogP contribution >= 0.6 is 0 Å². The van der Waals surface area contributed by atoms with Crippen LogP contribution in [0.1, 0.15) is 24.9 Å². The van der Waals surface area contributed by atoms with Crippen LogP contribution in [0.4, 0.5) is 0 Å². The fourth-order valence-corrected chi connectivity index (χ4v) is 1.43. The van der Waals surface area contributed by atoms with Gasteiger partial charge in [-0.2, -0.15) is 0 Å². The second-order valence-corrected chi connectivity index (χ2v) is 3.77. The SMILES string of the molecule is CCCn1nnnc1COC(=O)/C=C/c1ccco1. The summed E-state index contributed by atoms with van der Waals surface area (Å²) in [6.45, 7) is 2.76. The Morgan fingerprint density at radius 1 is 1.58 bits per heavy atom. The molecule has 0 bridgehead atoms. The molecule has 0 aliphatic heterocycles. The zero-order valence-corrected chi connectivity index (χ0v) is 10.5. The van der Waals surface area contributed by atoms with E-state index in [1.807, 2.05) is 6.92 Å². The zero-order chi connectivity index (χ0) is 13.5. The zero-order valence-electron chi connectivity index (χ0n) is 10.5. The monoisotopic (exact) mass is 262 g/mol. The maximum absolute atomic E-state index is 11.5. The molecule has 2 aromatic rings. The largest absolute Gasteiger partial charge is 0.465 e. The molecule has 0 unspecified atom stereocenters. The number of carbonyl (C=O) groups excluding carboxylic acids is 1. The van der Waals surface area contributed by atoms with E-state index in [9.17, 15) is 4.79 Å². The molecule has 0 spiro atoms. The highest BCUT2D eigenvalue weighted by Crippen LogP contribution is 2.03. The summed E-state index contributed by atoms with van der Waals surface area (Å²) < 4.78 is 11.7. The normalized spacial score (nSPS) is 11.0. The number of tetrazole rings is 1. The molecular weight excluding hydrogens is 248 g/mol. The molecule has 19 heavy (non-hydrogen) atoms. The van der Waals surface area contributed by atoms with Crippen molar-refractivity contribution in [3.8, 4) is 0 Å². The summed E-state index contributed by atoms with van der Waals surface area (Å²) in [6.07, 6.45) is 5.28. The maximum atomic E-state index is 11.5. The molecule has 0 radical (unpaired) electrons. The van der Waals surface area contributed by atoms with E-state index in [0.717, 1.165) is 6.42 Å². The van der Waals surface area contributed by atoms with Crippen molar-refractivity contribution in [1.29, 1.82) is 0 Å². The van der Waals surface area contributed by atoms with E-state index in [0.29, 0.717) is 18.1 Å². The van der Waals surface area contributed by atoms with Gasteiger partial charge in [0.05, 0.1) is 6.26 Å². The lowest BCUT2D eigenvalue weighted by Gasteiger charge is -2.02. The van der Waals surface area contributed by atoms with Gasteiger partial charge in [0.25, 0.3) is 0 Å². The highest BCUT2D eigenvalue weighted by Gasteiger charge is 2.07. The van der Waals surface area contributed by atoms with Crippen LogP contribution in [0.25, 0.3) is 6.08 Å². The molecule has 0 aromatic carbocycles. The predicted octanol–water partition coefficient (Wildman–Crippen LogP) is 1.43. The first-order valence-electron chi connectivity index (χ1n) is 5.93. The lowest BCUT2D eigenvalue weighted by molar-refractivity contribution is -0.139. The van der Waals surface area contributed by atoms with Crippen LogP contribution in [0, 0.1) is 0 Å². The summed E-state index contributed by atoms with van der Waals surface area (Å²) in [6, 6.07) is 3.48. The fourth-order valence-electron chi connectivity index (χ4n) is 1.43. The van der Waals surface area contributed by atoms with Crippen LogP contribution in [0.15, 0.2) is 28.9 Å². The van der Waals surface area contributed by atoms with Gasteiger partial charge >= 0.3 is 5.97 Å². The summed E-state index contributed by atoms with van der Waals surface area (Å²) in [5, 5.41) is 11.1. The minimum Gasteiger partial charge on any atom is -0.465 e. The summed E-state index contributed by atoms with van der Waals surface area (Å²) in [5.74, 6) is 0.650. The molecule has 0 fully saturated rings. The summed E-state index contributed by atoms with van der Waals surface area (Å²) in [7, 11) is 0. The van der Waals surface area contributed by atoms with E-state index in [-0.39, 0.29) is 6.61 Å². The number of ether oxygens (including phenoxy) is 1. The first-order valence-corrected chi connectivity index (χ1v) is 5.93. The summed E-state index contributed by atoms with van der Waals surface area (Å²) in [5.41, 5.74) is 0. The average Bonchev–Trinajstić information content (AvgIpc) is 3.06. The number of carbonyl (C=O) groups is 1. The average molecular weight is 262 g/mol. The Labute approximate surface area is 109 Å². The number of aromatic nitrogens is 4. The minimum atomic E-state index is -0.470. The second kappa shape index (κ2) is 6.48. The molecule has 2 aromatic heterocycles. The quantitative estimate of drug-likeness (QED) is 0.578. The Hall–Kier alpha value is -2.44. The van der Waals surface area contributed by atoms with Crippen molar-refractivity contribution in [2.75, 3.05) is 0 Å². The fraction of sp³-hybridized carbons (Fsp3) is 0.333. The third-order valence-corrected chi connectivity index (χ3v) is 2.31. The Morgan fingerprint density at radius 3 is 3.21 bits per heavy atom. The van der Waals surface area contributed by atoms with Crippen molar-refractivity contribution < 1.29 is 13.9 Å². The number of nitrogens with zero attached hydrogens (tertiary/aromatic N) is 4.